The Labute approximate surface area is 159 Å². The third-order valence-electron chi connectivity index (χ3n) is 4.53. The van der Waals surface area contributed by atoms with Gasteiger partial charge in [-0.1, -0.05) is 50.6 Å². The fourth-order valence-corrected chi connectivity index (χ4v) is 2.90. The number of hydrogen-bond acceptors (Lipinski definition) is 4. The van der Waals surface area contributed by atoms with Crippen molar-refractivity contribution in [2.24, 2.45) is 5.92 Å². The molecule has 5 nitrogen and oxygen atoms in total. The first-order chi connectivity index (χ1) is 13.2. The number of ether oxygens (including phenoxy) is 1. The van der Waals surface area contributed by atoms with Gasteiger partial charge in [-0.15, -0.1) is 0 Å². The van der Waals surface area contributed by atoms with Crippen molar-refractivity contribution in [2.45, 2.75) is 26.2 Å². The van der Waals surface area contributed by atoms with Crippen LogP contribution in [0.4, 0.5) is 5.69 Å². The second-order valence-corrected chi connectivity index (χ2v) is 6.42. The second-order valence-electron chi connectivity index (χ2n) is 6.42. The number of rotatable bonds is 7. The molecule has 3 aromatic rings. The van der Waals surface area contributed by atoms with Crippen molar-refractivity contribution in [3.8, 4) is 11.8 Å². The Balaban J connectivity index is 1.70. The van der Waals surface area contributed by atoms with Gasteiger partial charge in [-0.2, -0.15) is 0 Å². The fourth-order valence-electron chi connectivity index (χ4n) is 2.90. The maximum absolute atomic E-state index is 12.9. The summed E-state index contributed by atoms with van der Waals surface area (Å²) in [6, 6.07) is 19.1. The molecule has 0 saturated heterocycles. The largest absolute Gasteiger partial charge is 0.424 e. The number of nitrogens with zero attached hydrogens (tertiary/aromatic N) is 2. The summed E-state index contributed by atoms with van der Waals surface area (Å²) >= 11 is 0. The summed E-state index contributed by atoms with van der Waals surface area (Å²) in [5, 5.41) is 3.02. The summed E-state index contributed by atoms with van der Waals surface area (Å²) < 4.78 is 5.58. The van der Waals surface area contributed by atoms with E-state index < -0.39 is 0 Å². The summed E-state index contributed by atoms with van der Waals surface area (Å²) in [4.78, 5) is 21.0. The molecule has 1 amide bonds. The average molecular weight is 361 g/mol. The number of carbonyl (C=O) groups excluding carboxylic acids is 1. The normalized spacial score (nSPS) is 12.8. The van der Waals surface area contributed by atoms with Crippen LogP contribution in [-0.4, -0.2) is 15.9 Å². The van der Waals surface area contributed by atoms with Gasteiger partial charge in [-0.05, 0) is 41.8 Å². The molecule has 1 N–H and O–H groups in total. The molecule has 0 aliphatic rings. The van der Waals surface area contributed by atoms with E-state index in [1.54, 1.807) is 30.6 Å². The molecule has 27 heavy (non-hydrogen) atoms. The molecule has 2 unspecified atom stereocenters. The van der Waals surface area contributed by atoms with E-state index in [4.69, 9.17) is 4.74 Å². The highest BCUT2D eigenvalue weighted by Gasteiger charge is 2.25. The van der Waals surface area contributed by atoms with Gasteiger partial charge in [0.15, 0.2) is 0 Å². The highest BCUT2D eigenvalue weighted by Crippen LogP contribution is 2.29. The van der Waals surface area contributed by atoms with Crippen molar-refractivity contribution in [1.82, 2.24) is 9.97 Å². The molecule has 0 aliphatic heterocycles. The first kappa shape index (κ1) is 18.6. The third-order valence-corrected chi connectivity index (χ3v) is 4.53. The predicted molar refractivity (Wildman–Crippen MR) is 106 cm³/mol. The van der Waals surface area contributed by atoms with E-state index in [2.05, 4.69) is 29.1 Å². The molecule has 0 aliphatic carbocycles. The van der Waals surface area contributed by atoms with Crippen LogP contribution in [0.3, 0.4) is 0 Å². The van der Waals surface area contributed by atoms with Crippen LogP contribution >= 0.6 is 0 Å². The number of nitrogens with one attached hydrogen (secondary N) is 1. The van der Waals surface area contributed by atoms with Gasteiger partial charge < -0.3 is 10.1 Å². The summed E-state index contributed by atoms with van der Waals surface area (Å²) in [7, 11) is 0. The van der Waals surface area contributed by atoms with Crippen LogP contribution in [0.15, 0.2) is 73.1 Å². The molecular weight excluding hydrogens is 338 g/mol. The Kier molecular flexibility index (Phi) is 6.15. The summed E-state index contributed by atoms with van der Waals surface area (Å²) in [6.07, 6.45) is 4.17. The van der Waals surface area contributed by atoms with Crippen LogP contribution in [0.25, 0.3) is 0 Å². The Bertz CT molecular complexity index is 852. The maximum atomic E-state index is 12.9. The van der Waals surface area contributed by atoms with Crippen LogP contribution in [0.2, 0.25) is 0 Å². The van der Waals surface area contributed by atoms with Gasteiger partial charge in [0, 0.05) is 18.1 Å². The van der Waals surface area contributed by atoms with Gasteiger partial charge in [0.25, 0.3) is 0 Å². The minimum absolute atomic E-state index is 0.00406. The zero-order chi connectivity index (χ0) is 19.1. The van der Waals surface area contributed by atoms with Crippen LogP contribution < -0.4 is 10.1 Å². The number of amides is 1. The van der Waals surface area contributed by atoms with E-state index in [0.29, 0.717) is 5.75 Å². The van der Waals surface area contributed by atoms with Gasteiger partial charge >= 0.3 is 6.01 Å². The van der Waals surface area contributed by atoms with E-state index in [0.717, 1.165) is 17.7 Å². The van der Waals surface area contributed by atoms with E-state index in [9.17, 15) is 4.79 Å². The van der Waals surface area contributed by atoms with Crippen molar-refractivity contribution < 1.29 is 9.53 Å². The minimum Gasteiger partial charge on any atom is -0.424 e. The third kappa shape index (κ3) is 4.91. The van der Waals surface area contributed by atoms with Crippen LogP contribution in [0, 0.1) is 5.92 Å². The zero-order valence-corrected chi connectivity index (χ0v) is 15.5. The first-order valence-corrected chi connectivity index (χ1v) is 9.08. The molecule has 1 aromatic heterocycles. The lowest BCUT2D eigenvalue weighted by molar-refractivity contribution is -0.118. The van der Waals surface area contributed by atoms with Crippen molar-refractivity contribution >= 4 is 11.6 Å². The first-order valence-electron chi connectivity index (χ1n) is 9.08. The number of carbonyl (C=O) groups is 1. The molecule has 0 saturated carbocycles. The van der Waals surface area contributed by atoms with E-state index in [1.165, 1.54) is 0 Å². The van der Waals surface area contributed by atoms with Crippen LogP contribution in [0.1, 0.15) is 31.7 Å². The van der Waals surface area contributed by atoms with Gasteiger partial charge in [0.05, 0.1) is 5.92 Å². The highest BCUT2D eigenvalue weighted by molar-refractivity contribution is 5.96. The van der Waals surface area contributed by atoms with Crippen molar-refractivity contribution in [3.05, 3.63) is 78.6 Å². The van der Waals surface area contributed by atoms with Gasteiger partial charge in [0.2, 0.25) is 5.91 Å². The Morgan fingerprint density at radius 2 is 1.67 bits per heavy atom. The lowest BCUT2D eigenvalue weighted by Gasteiger charge is -2.23. The van der Waals surface area contributed by atoms with Gasteiger partial charge in [-0.3, -0.25) is 4.79 Å². The predicted octanol–water partition coefficient (Wildman–Crippen LogP) is 5.04. The Morgan fingerprint density at radius 1 is 1.00 bits per heavy atom. The smallest absolute Gasteiger partial charge is 0.321 e. The van der Waals surface area contributed by atoms with E-state index >= 15 is 0 Å². The zero-order valence-electron chi connectivity index (χ0n) is 15.5. The maximum Gasteiger partial charge on any atom is 0.321 e. The minimum atomic E-state index is -0.190. The number of anilines is 1. The number of hydrogen-bond donors (Lipinski definition) is 1. The monoisotopic (exact) mass is 361 g/mol. The Morgan fingerprint density at radius 3 is 2.30 bits per heavy atom. The second kappa shape index (κ2) is 8.94. The number of aromatic nitrogens is 2. The van der Waals surface area contributed by atoms with Crippen molar-refractivity contribution in [2.75, 3.05) is 5.32 Å². The molecule has 138 valence electrons. The van der Waals surface area contributed by atoms with Gasteiger partial charge in [0.1, 0.15) is 5.75 Å². The number of benzene rings is 2. The van der Waals surface area contributed by atoms with Crippen molar-refractivity contribution in [3.63, 3.8) is 0 Å². The molecule has 0 bridgehead atoms. The topological polar surface area (TPSA) is 64.1 Å². The summed E-state index contributed by atoms with van der Waals surface area (Å²) in [5.74, 6) is 0.659. The Hall–Kier alpha value is -3.21. The quantitative estimate of drug-likeness (QED) is 0.640. The molecule has 3 rings (SSSR count). The highest BCUT2D eigenvalue weighted by atomic mass is 16.5. The van der Waals surface area contributed by atoms with Gasteiger partial charge in [-0.25, -0.2) is 9.97 Å². The summed E-state index contributed by atoms with van der Waals surface area (Å²) in [6.45, 7) is 4.21. The van der Waals surface area contributed by atoms with Crippen LogP contribution in [-0.2, 0) is 4.79 Å². The molecule has 1 heterocycles. The standard InChI is InChI=1S/C22H23N3O2/c1-3-16(2)20(17-8-5-4-6-9-17)21(26)25-18-10-12-19(13-11-18)27-22-23-14-7-15-24-22/h4-16,20H,3H2,1-2H3,(H,25,26). The van der Waals surface area contributed by atoms with Crippen molar-refractivity contribution in [1.29, 1.82) is 0 Å². The molecule has 2 aromatic carbocycles. The molecule has 5 heteroatoms. The van der Waals surface area contributed by atoms with Crippen LogP contribution in [0.5, 0.6) is 11.8 Å². The fraction of sp³-hybridized carbons (Fsp3) is 0.227. The summed E-state index contributed by atoms with van der Waals surface area (Å²) in [5.41, 5.74) is 1.76. The van der Waals surface area contributed by atoms with E-state index in [1.807, 2.05) is 42.5 Å². The lowest BCUT2D eigenvalue weighted by atomic mass is 9.85. The molecular formula is C22H23N3O2. The lowest BCUT2D eigenvalue weighted by Crippen LogP contribution is -2.26. The molecule has 0 spiro atoms. The molecule has 2 atom stereocenters. The molecule has 0 radical (unpaired) electrons. The SMILES string of the molecule is CCC(C)C(C(=O)Nc1ccc(Oc2ncccn2)cc1)c1ccccc1. The van der Waals surface area contributed by atoms with E-state index in [-0.39, 0.29) is 23.8 Å². The average Bonchev–Trinajstić information content (AvgIpc) is 2.71. The molecule has 0 fully saturated rings.